The van der Waals surface area contributed by atoms with Crippen molar-refractivity contribution in [2.75, 3.05) is 6.54 Å². The number of hydrogen-bond acceptors (Lipinski definition) is 4. The molecule has 1 aromatic heterocycles. The summed E-state index contributed by atoms with van der Waals surface area (Å²) in [5.74, 6) is 0.400. The molecule has 0 radical (unpaired) electrons. The van der Waals surface area contributed by atoms with Crippen LogP contribution >= 0.6 is 0 Å². The highest BCUT2D eigenvalue weighted by Gasteiger charge is 2.21. The summed E-state index contributed by atoms with van der Waals surface area (Å²) in [6.45, 7) is 0.486. The SMILES string of the molecule is NC1CCC(CNS(=O)(=O)c2cn[nH]c2)CC1. The Morgan fingerprint density at radius 2 is 2.12 bits per heavy atom. The van der Waals surface area contributed by atoms with Crippen LogP contribution in [0.25, 0.3) is 0 Å². The van der Waals surface area contributed by atoms with Crippen molar-refractivity contribution in [2.24, 2.45) is 11.7 Å². The van der Waals surface area contributed by atoms with E-state index in [0.29, 0.717) is 12.5 Å². The quantitative estimate of drug-likeness (QED) is 0.718. The standard InChI is InChI=1S/C10H18N4O2S/c11-9-3-1-8(2-4-9)5-14-17(15,16)10-6-12-13-7-10/h6-9,14H,1-5,11H2,(H,12,13). The maximum absolute atomic E-state index is 11.8. The third-order valence-corrected chi connectivity index (χ3v) is 4.63. The molecule has 0 spiro atoms. The molecule has 7 heteroatoms. The number of hydrogen-bond donors (Lipinski definition) is 3. The summed E-state index contributed by atoms with van der Waals surface area (Å²) in [4.78, 5) is 0.185. The molecule has 0 atom stereocenters. The Labute approximate surface area is 101 Å². The number of sulfonamides is 1. The molecule has 6 nitrogen and oxygen atoms in total. The van der Waals surface area contributed by atoms with Crippen molar-refractivity contribution < 1.29 is 8.42 Å². The number of nitrogens with two attached hydrogens (primary N) is 1. The number of aromatic nitrogens is 2. The lowest BCUT2D eigenvalue weighted by molar-refractivity contribution is 0.326. The highest BCUT2D eigenvalue weighted by Crippen LogP contribution is 2.22. The van der Waals surface area contributed by atoms with Crippen LogP contribution in [0.2, 0.25) is 0 Å². The first-order valence-electron chi connectivity index (χ1n) is 5.82. The fourth-order valence-electron chi connectivity index (χ4n) is 2.09. The fourth-order valence-corrected chi connectivity index (χ4v) is 3.11. The van der Waals surface area contributed by atoms with Gasteiger partial charge in [0.2, 0.25) is 10.0 Å². The molecule has 0 aliphatic heterocycles. The van der Waals surface area contributed by atoms with Crippen LogP contribution in [0.5, 0.6) is 0 Å². The molecule has 1 aromatic rings. The molecule has 2 rings (SSSR count). The van der Waals surface area contributed by atoms with E-state index in [1.54, 1.807) is 0 Å². The molecule has 1 saturated carbocycles. The second-order valence-electron chi connectivity index (χ2n) is 4.57. The van der Waals surface area contributed by atoms with Gasteiger partial charge in [-0.1, -0.05) is 0 Å². The summed E-state index contributed by atoms with van der Waals surface area (Å²) in [5, 5.41) is 6.13. The lowest BCUT2D eigenvalue weighted by Gasteiger charge is -2.25. The molecule has 0 saturated heterocycles. The number of rotatable bonds is 4. The van der Waals surface area contributed by atoms with Gasteiger partial charge in [0.05, 0.1) is 6.20 Å². The first-order valence-corrected chi connectivity index (χ1v) is 7.30. The summed E-state index contributed by atoms with van der Waals surface area (Å²) in [5.41, 5.74) is 5.81. The van der Waals surface area contributed by atoms with Crippen molar-refractivity contribution in [2.45, 2.75) is 36.6 Å². The summed E-state index contributed by atoms with van der Waals surface area (Å²) in [7, 11) is -3.40. The largest absolute Gasteiger partial charge is 0.328 e. The van der Waals surface area contributed by atoms with E-state index in [1.807, 2.05) is 0 Å². The Kier molecular flexibility index (Phi) is 3.80. The van der Waals surface area contributed by atoms with Gasteiger partial charge in [0.1, 0.15) is 4.90 Å². The molecule has 4 N–H and O–H groups in total. The molecule has 1 aliphatic carbocycles. The molecule has 1 heterocycles. The number of nitrogens with one attached hydrogen (secondary N) is 2. The van der Waals surface area contributed by atoms with Crippen molar-refractivity contribution in [3.63, 3.8) is 0 Å². The maximum Gasteiger partial charge on any atom is 0.243 e. The average molecular weight is 258 g/mol. The van der Waals surface area contributed by atoms with E-state index in [-0.39, 0.29) is 10.9 Å². The second-order valence-corrected chi connectivity index (χ2v) is 6.33. The molecule has 0 unspecified atom stereocenters. The minimum atomic E-state index is -3.40. The molecular weight excluding hydrogens is 240 g/mol. The molecule has 0 amide bonds. The van der Waals surface area contributed by atoms with E-state index in [1.165, 1.54) is 12.4 Å². The molecular formula is C10H18N4O2S. The lowest BCUT2D eigenvalue weighted by atomic mass is 9.87. The van der Waals surface area contributed by atoms with Crippen LogP contribution < -0.4 is 10.5 Å². The number of H-pyrrole nitrogens is 1. The van der Waals surface area contributed by atoms with Gasteiger partial charge in [-0.3, -0.25) is 5.10 Å². The highest BCUT2D eigenvalue weighted by molar-refractivity contribution is 7.89. The van der Waals surface area contributed by atoms with Crippen LogP contribution in [0.3, 0.4) is 0 Å². The zero-order valence-electron chi connectivity index (χ0n) is 9.59. The van der Waals surface area contributed by atoms with Gasteiger partial charge in [-0.2, -0.15) is 5.10 Å². The van der Waals surface area contributed by atoms with E-state index >= 15 is 0 Å². The summed E-state index contributed by atoms with van der Waals surface area (Å²) in [6, 6.07) is 0.289. The summed E-state index contributed by atoms with van der Waals surface area (Å²) < 4.78 is 26.2. The summed E-state index contributed by atoms with van der Waals surface area (Å²) >= 11 is 0. The predicted molar refractivity (Wildman–Crippen MR) is 63.7 cm³/mol. The van der Waals surface area contributed by atoms with Gasteiger partial charge >= 0.3 is 0 Å². The zero-order chi connectivity index (χ0) is 12.3. The van der Waals surface area contributed by atoms with E-state index in [0.717, 1.165) is 25.7 Å². The monoisotopic (exact) mass is 258 g/mol. The van der Waals surface area contributed by atoms with Gasteiger partial charge in [0.15, 0.2) is 0 Å². The molecule has 1 fully saturated rings. The second kappa shape index (κ2) is 5.16. The van der Waals surface area contributed by atoms with Gasteiger partial charge in [-0.15, -0.1) is 0 Å². The smallest absolute Gasteiger partial charge is 0.243 e. The Balaban J connectivity index is 1.86. The third kappa shape index (κ3) is 3.27. The van der Waals surface area contributed by atoms with Crippen molar-refractivity contribution in [3.05, 3.63) is 12.4 Å². The van der Waals surface area contributed by atoms with E-state index in [9.17, 15) is 8.42 Å². The molecule has 1 aliphatic rings. The Morgan fingerprint density at radius 3 is 2.71 bits per heavy atom. The van der Waals surface area contributed by atoms with Crippen LogP contribution in [0.1, 0.15) is 25.7 Å². The maximum atomic E-state index is 11.8. The van der Waals surface area contributed by atoms with Crippen molar-refractivity contribution in [1.29, 1.82) is 0 Å². The van der Waals surface area contributed by atoms with Gasteiger partial charge in [0, 0.05) is 18.8 Å². The van der Waals surface area contributed by atoms with Gasteiger partial charge in [0.25, 0.3) is 0 Å². The molecule has 96 valence electrons. The molecule has 0 aromatic carbocycles. The van der Waals surface area contributed by atoms with E-state index in [4.69, 9.17) is 5.73 Å². The van der Waals surface area contributed by atoms with Gasteiger partial charge in [-0.25, -0.2) is 13.1 Å². The van der Waals surface area contributed by atoms with E-state index < -0.39 is 10.0 Å². The van der Waals surface area contributed by atoms with Crippen LogP contribution in [0, 0.1) is 5.92 Å². The Morgan fingerprint density at radius 1 is 1.41 bits per heavy atom. The van der Waals surface area contributed by atoms with Gasteiger partial charge < -0.3 is 5.73 Å². The minimum Gasteiger partial charge on any atom is -0.328 e. The zero-order valence-corrected chi connectivity index (χ0v) is 10.4. The molecule has 17 heavy (non-hydrogen) atoms. The number of nitrogens with zero attached hydrogens (tertiary/aromatic N) is 1. The van der Waals surface area contributed by atoms with Crippen LogP contribution in [0.4, 0.5) is 0 Å². The molecule has 0 bridgehead atoms. The van der Waals surface area contributed by atoms with Crippen molar-refractivity contribution in [3.8, 4) is 0 Å². The highest BCUT2D eigenvalue weighted by atomic mass is 32.2. The van der Waals surface area contributed by atoms with Gasteiger partial charge in [-0.05, 0) is 31.6 Å². The Hall–Kier alpha value is -0.920. The Bertz CT molecular complexity index is 435. The topological polar surface area (TPSA) is 101 Å². The lowest BCUT2D eigenvalue weighted by Crippen LogP contribution is -2.34. The normalized spacial score (nSPS) is 25.9. The third-order valence-electron chi connectivity index (χ3n) is 3.24. The van der Waals surface area contributed by atoms with Crippen LogP contribution in [-0.2, 0) is 10.0 Å². The predicted octanol–water partition coefficient (Wildman–Crippen LogP) is 0.205. The van der Waals surface area contributed by atoms with E-state index in [2.05, 4.69) is 14.9 Å². The van der Waals surface area contributed by atoms with Crippen LogP contribution in [0.15, 0.2) is 17.3 Å². The first kappa shape index (κ1) is 12.5. The van der Waals surface area contributed by atoms with Crippen molar-refractivity contribution >= 4 is 10.0 Å². The fraction of sp³-hybridized carbons (Fsp3) is 0.700. The van der Waals surface area contributed by atoms with Crippen molar-refractivity contribution in [1.82, 2.24) is 14.9 Å². The average Bonchev–Trinajstić information content (AvgIpc) is 2.82. The first-order chi connectivity index (χ1) is 8.08. The summed E-state index contributed by atoms with van der Waals surface area (Å²) in [6.07, 6.45) is 6.64. The minimum absolute atomic E-state index is 0.185. The van der Waals surface area contributed by atoms with Crippen LogP contribution in [-0.4, -0.2) is 31.2 Å². The number of aromatic amines is 1.